The first-order chi connectivity index (χ1) is 15.6. The molecule has 1 aromatic heterocycles. The fourth-order valence-electron chi connectivity index (χ4n) is 3.57. The van der Waals surface area contributed by atoms with Crippen molar-refractivity contribution in [3.8, 4) is 11.5 Å². The number of ether oxygens (including phenoxy) is 2. The maximum atomic E-state index is 12.0. The zero-order valence-corrected chi connectivity index (χ0v) is 19.2. The SMILES string of the molecule is COc1cccc(CN=C(NCCc2ccco2)NCC(=O)N(C)C)c1OC1CCCC1. The fraction of sp³-hybridized carbons (Fsp3) is 0.500. The van der Waals surface area contributed by atoms with Gasteiger partial charge in [0.1, 0.15) is 5.76 Å². The molecule has 0 radical (unpaired) electrons. The number of methoxy groups -OCH3 is 1. The largest absolute Gasteiger partial charge is 0.493 e. The van der Waals surface area contributed by atoms with Crippen LogP contribution in [0.3, 0.4) is 0 Å². The Morgan fingerprint density at radius 2 is 2.00 bits per heavy atom. The number of aliphatic imine (C=N–C) groups is 1. The second-order valence-electron chi connectivity index (χ2n) is 8.04. The molecular weight excluding hydrogens is 408 g/mol. The lowest BCUT2D eigenvalue weighted by molar-refractivity contribution is -0.127. The Kier molecular flexibility index (Phi) is 8.83. The van der Waals surface area contributed by atoms with Crippen LogP contribution < -0.4 is 20.1 Å². The summed E-state index contributed by atoms with van der Waals surface area (Å²) in [4.78, 5) is 18.3. The molecule has 1 saturated carbocycles. The molecule has 2 aromatic rings. The number of rotatable bonds is 10. The highest BCUT2D eigenvalue weighted by Gasteiger charge is 2.20. The summed E-state index contributed by atoms with van der Waals surface area (Å²) in [6, 6.07) is 9.66. The van der Waals surface area contributed by atoms with E-state index < -0.39 is 0 Å². The summed E-state index contributed by atoms with van der Waals surface area (Å²) < 4.78 is 17.2. The van der Waals surface area contributed by atoms with Crippen LogP contribution >= 0.6 is 0 Å². The molecule has 0 unspecified atom stereocenters. The molecule has 1 fully saturated rings. The zero-order chi connectivity index (χ0) is 22.8. The van der Waals surface area contributed by atoms with Crippen LogP contribution in [0.4, 0.5) is 0 Å². The lowest BCUT2D eigenvalue weighted by Crippen LogP contribution is -2.43. The number of likely N-dealkylation sites (N-methyl/N-ethyl adjacent to an activating group) is 1. The van der Waals surface area contributed by atoms with E-state index in [2.05, 4.69) is 10.6 Å². The van der Waals surface area contributed by atoms with Gasteiger partial charge in [-0.05, 0) is 43.9 Å². The molecule has 1 aliphatic carbocycles. The lowest BCUT2D eigenvalue weighted by Gasteiger charge is -2.19. The van der Waals surface area contributed by atoms with E-state index in [1.54, 1.807) is 32.4 Å². The van der Waals surface area contributed by atoms with Gasteiger partial charge in [-0.2, -0.15) is 0 Å². The standard InChI is InChI=1S/C24H34N4O4/c1-28(2)22(29)17-27-24(25-14-13-19-11-7-15-31-19)26-16-18-8-6-12-21(30-3)23(18)32-20-9-4-5-10-20/h6-8,11-12,15,20H,4-5,9-10,13-14,16-17H2,1-3H3,(H2,25,26,27). The molecule has 1 amide bonds. The van der Waals surface area contributed by atoms with Gasteiger partial charge in [0, 0.05) is 32.6 Å². The van der Waals surface area contributed by atoms with Crippen molar-refractivity contribution in [3.63, 3.8) is 0 Å². The van der Waals surface area contributed by atoms with Crippen LogP contribution in [0.2, 0.25) is 0 Å². The van der Waals surface area contributed by atoms with Gasteiger partial charge in [0.25, 0.3) is 0 Å². The van der Waals surface area contributed by atoms with Crippen molar-refractivity contribution in [2.75, 3.05) is 34.3 Å². The number of hydrogen-bond acceptors (Lipinski definition) is 5. The second-order valence-corrected chi connectivity index (χ2v) is 8.04. The minimum atomic E-state index is -0.0304. The highest BCUT2D eigenvalue weighted by atomic mass is 16.5. The topological polar surface area (TPSA) is 88.3 Å². The van der Waals surface area contributed by atoms with Gasteiger partial charge < -0.3 is 29.4 Å². The highest BCUT2D eigenvalue weighted by Crippen LogP contribution is 2.35. The summed E-state index contributed by atoms with van der Waals surface area (Å²) in [5.41, 5.74) is 0.947. The third-order valence-corrected chi connectivity index (χ3v) is 5.42. The van der Waals surface area contributed by atoms with Crippen molar-refractivity contribution in [2.24, 2.45) is 4.99 Å². The van der Waals surface area contributed by atoms with Crippen LogP contribution in [0.15, 0.2) is 46.0 Å². The minimum absolute atomic E-state index is 0.0304. The predicted molar refractivity (Wildman–Crippen MR) is 124 cm³/mol. The van der Waals surface area contributed by atoms with Gasteiger partial charge in [-0.25, -0.2) is 4.99 Å². The molecular formula is C24H34N4O4. The third-order valence-electron chi connectivity index (χ3n) is 5.42. The monoisotopic (exact) mass is 442 g/mol. The van der Waals surface area contributed by atoms with E-state index in [-0.39, 0.29) is 18.6 Å². The lowest BCUT2D eigenvalue weighted by atomic mass is 10.1. The van der Waals surface area contributed by atoms with Gasteiger partial charge in [-0.1, -0.05) is 12.1 Å². The molecule has 1 heterocycles. The second kappa shape index (κ2) is 12.0. The van der Waals surface area contributed by atoms with Gasteiger partial charge in [-0.3, -0.25) is 4.79 Å². The van der Waals surface area contributed by atoms with E-state index >= 15 is 0 Å². The van der Waals surface area contributed by atoms with E-state index in [9.17, 15) is 4.79 Å². The number of guanidine groups is 1. The van der Waals surface area contributed by atoms with Crippen LogP contribution in [0, 0.1) is 0 Å². The van der Waals surface area contributed by atoms with Gasteiger partial charge >= 0.3 is 0 Å². The maximum absolute atomic E-state index is 12.0. The van der Waals surface area contributed by atoms with Crippen LogP contribution in [0.1, 0.15) is 37.0 Å². The number of carbonyl (C=O) groups is 1. The maximum Gasteiger partial charge on any atom is 0.241 e. The van der Waals surface area contributed by atoms with Crippen molar-refractivity contribution in [1.29, 1.82) is 0 Å². The van der Waals surface area contributed by atoms with Crippen molar-refractivity contribution < 1.29 is 18.7 Å². The Bertz CT molecular complexity index is 874. The normalized spacial score (nSPS) is 14.3. The molecule has 8 nitrogen and oxygen atoms in total. The van der Waals surface area contributed by atoms with Gasteiger partial charge in [0.2, 0.25) is 5.91 Å². The summed E-state index contributed by atoms with van der Waals surface area (Å²) in [6.45, 7) is 1.17. The summed E-state index contributed by atoms with van der Waals surface area (Å²) in [5, 5.41) is 6.40. The fourth-order valence-corrected chi connectivity index (χ4v) is 3.57. The quantitative estimate of drug-likeness (QED) is 0.434. The Balaban J connectivity index is 1.71. The summed E-state index contributed by atoms with van der Waals surface area (Å²) >= 11 is 0. The van der Waals surface area contributed by atoms with Gasteiger partial charge in [-0.15, -0.1) is 0 Å². The first kappa shape index (κ1) is 23.5. The van der Waals surface area contributed by atoms with Crippen molar-refractivity contribution in [1.82, 2.24) is 15.5 Å². The molecule has 8 heteroatoms. The first-order valence-electron chi connectivity index (χ1n) is 11.1. The third kappa shape index (κ3) is 6.93. The van der Waals surface area contributed by atoms with Crippen LogP contribution in [-0.4, -0.2) is 57.2 Å². The Hall–Kier alpha value is -3.16. The molecule has 0 saturated heterocycles. The molecule has 3 rings (SSSR count). The molecule has 1 aromatic carbocycles. The Morgan fingerprint density at radius 3 is 2.69 bits per heavy atom. The number of benzene rings is 1. The van der Waals surface area contributed by atoms with Crippen molar-refractivity contribution >= 4 is 11.9 Å². The molecule has 0 spiro atoms. The number of nitrogens with one attached hydrogen (secondary N) is 2. The predicted octanol–water partition coefficient (Wildman–Crippen LogP) is 2.98. The number of hydrogen-bond donors (Lipinski definition) is 2. The summed E-state index contributed by atoms with van der Waals surface area (Å²) in [7, 11) is 5.11. The van der Waals surface area contributed by atoms with E-state index in [1.807, 2.05) is 30.3 Å². The van der Waals surface area contributed by atoms with Crippen LogP contribution in [-0.2, 0) is 17.8 Å². The minimum Gasteiger partial charge on any atom is -0.493 e. The average molecular weight is 443 g/mol. The average Bonchev–Trinajstić information content (AvgIpc) is 3.50. The molecule has 0 aliphatic heterocycles. The molecule has 2 N–H and O–H groups in total. The van der Waals surface area contributed by atoms with Crippen LogP contribution in [0.25, 0.3) is 0 Å². The molecule has 174 valence electrons. The van der Waals surface area contributed by atoms with Crippen molar-refractivity contribution in [2.45, 2.75) is 44.8 Å². The van der Waals surface area contributed by atoms with E-state index in [4.69, 9.17) is 18.9 Å². The van der Waals surface area contributed by atoms with E-state index in [0.717, 1.165) is 29.9 Å². The molecule has 32 heavy (non-hydrogen) atoms. The molecule has 0 bridgehead atoms. The zero-order valence-electron chi connectivity index (χ0n) is 19.2. The Labute approximate surface area is 190 Å². The number of nitrogens with zero attached hydrogens (tertiary/aromatic N) is 2. The highest BCUT2D eigenvalue weighted by molar-refractivity contribution is 5.86. The van der Waals surface area contributed by atoms with Crippen molar-refractivity contribution in [3.05, 3.63) is 47.9 Å². The van der Waals surface area contributed by atoms with Gasteiger partial charge in [0.15, 0.2) is 17.5 Å². The molecule has 1 aliphatic rings. The summed E-state index contributed by atoms with van der Waals surface area (Å²) in [5.74, 6) is 2.89. The number of furan rings is 1. The smallest absolute Gasteiger partial charge is 0.241 e. The van der Waals surface area contributed by atoms with Crippen LogP contribution in [0.5, 0.6) is 11.5 Å². The first-order valence-corrected chi connectivity index (χ1v) is 11.1. The molecule has 0 atom stereocenters. The Morgan fingerprint density at radius 1 is 1.19 bits per heavy atom. The number of carbonyl (C=O) groups excluding carboxylic acids is 1. The summed E-state index contributed by atoms with van der Waals surface area (Å²) in [6.07, 6.45) is 7.11. The van der Waals surface area contributed by atoms with Gasteiger partial charge in [0.05, 0.1) is 32.6 Å². The van der Waals surface area contributed by atoms with E-state index in [0.29, 0.717) is 31.2 Å². The number of amides is 1. The number of para-hydroxylation sites is 1. The van der Waals surface area contributed by atoms with E-state index in [1.165, 1.54) is 12.8 Å².